The van der Waals surface area contributed by atoms with Crippen LogP contribution >= 0.6 is 0 Å². The first kappa shape index (κ1) is 19.3. The van der Waals surface area contributed by atoms with E-state index >= 15 is 0 Å². The van der Waals surface area contributed by atoms with Gasteiger partial charge in [-0.2, -0.15) is 0 Å². The van der Waals surface area contributed by atoms with Gasteiger partial charge in [0.05, 0.1) is 5.92 Å². The van der Waals surface area contributed by atoms with E-state index in [2.05, 4.69) is 17.6 Å². The highest BCUT2D eigenvalue weighted by Crippen LogP contribution is 2.24. The minimum atomic E-state index is -0.102. The second-order valence-electron chi connectivity index (χ2n) is 6.90. The van der Waals surface area contributed by atoms with E-state index in [1.165, 1.54) is 0 Å². The van der Waals surface area contributed by atoms with Gasteiger partial charge in [-0.05, 0) is 38.2 Å². The lowest BCUT2D eigenvalue weighted by atomic mass is 9.93. The topological polar surface area (TPSA) is 61.4 Å². The standard InChI is InChI=1S/C20H31N3O2/c1-4-15(3)21-20(25)22-17-11-13-23(14-12-17)19(24)18(5-2)16-9-7-6-8-10-16/h6-10,15,17-18H,4-5,11-14H2,1-3H3,(H2,21,22,25)/t15-,18-/m1/s1. The Bertz CT molecular complexity index is 553. The summed E-state index contributed by atoms with van der Waals surface area (Å²) in [6, 6.07) is 10.2. The molecule has 1 aromatic rings. The van der Waals surface area contributed by atoms with Crippen molar-refractivity contribution >= 4 is 11.9 Å². The number of carbonyl (C=O) groups is 2. The molecule has 0 aromatic heterocycles. The van der Waals surface area contributed by atoms with E-state index < -0.39 is 0 Å². The van der Waals surface area contributed by atoms with Crippen molar-refractivity contribution in [2.75, 3.05) is 13.1 Å². The molecule has 0 radical (unpaired) electrons. The molecule has 138 valence electrons. The molecule has 0 bridgehead atoms. The molecule has 2 N–H and O–H groups in total. The maximum atomic E-state index is 12.9. The third kappa shape index (κ3) is 5.48. The summed E-state index contributed by atoms with van der Waals surface area (Å²) in [5, 5.41) is 5.96. The zero-order valence-electron chi connectivity index (χ0n) is 15.6. The second kappa shape index (κ2) is 9.44. The molecule has 0 unspecified atom stereocenters. The van der Waals surface area contributed by atoms with Gasteiger partial charge in [0.25, 0.3) is 0 Å². The summed E-state index contributed by atoms with van der Waals surface area (Å²) in [5.41, 5.74) is 1.09. The molecule has 1 heterocycles. The van der Waals surface area contributed by atoms with Crippen molar-refractivity contribution in [3.05, 3.63) is 35.9 Å². The summed E-state index contributed by atoms with van der Waals surface area (Å²) in [6.07, 6.45) is 3.34. The minimum absolute atomic E-state index is 0.0700. The Morgan fingerprint density at radius 3 is 2.32 bits per heavy atom. The van der Waals surface area contributed by atoms with Crippen molar-refractivity contribution in [1.82, 2.24) is 15.5 Å². The Balaban J connectivity index is 1.84. The molecule has 1 saturated heterocycles. The molecular weight excluding hydrogens is 314 g/mol. The van der Waals surface area contributed by atoms with E-state index in [1.807, 2.05) is 49.1 Å². The van der Waals surface area contributed by atoms with Crippen LogP contribution in [0.2, 0.25) is 0 Å². The molecule has 5 heteroatoms. The molecule has 2 rings (SSSR count). The first-order chi connectivity index (χ1) is 12.0. The zero-order chi connectivity index (χ0) is 18.2. The van der Waals surface area contributed by atoms with Crippen molar-refractivity contribution in [2.24, 2.45) is 0 Å². The number of hydrogen-bond donors (Lipinski definition) is 2. The highest BCUT2D eigenvalue weighted by atomic mass is 16.2. The van der Waals surface area contributed by atoms with Gasteiger partial charge in [0.1, 0.15) is 0 Å². The van der Waals surface area contributed by atoms with Crippen LogP contribution < -0.4 is 10.6 Å². The number of amides is 3. The number of hydrogen-bond acceptors (Lipinski definition) is 2. The summed E-state index contributed by atoms with van der Waals surface area (Å²) < 4.78 is 0. The smallest absolute Gasteiger partial charge is 0.315 e. The van der Waals surface area contributed by atoms with Gasteiger partial charge in [-0.25, -0.2) is 4.79 Å². The van der Waals surface area contributed by atoms with Crippen LogP contribution in [0, 0.1) is 0 Å². The predicted octanol–water partition coefficient (Wildman–Crippen LogP) is 3.27. The van der Waals surface area contributed by atoms with E-state index in [9.17, 15) is 9.59 Å². The lowest BCUT2D eigenvalue weighted by molar-refractivity contribution is -0.134. The Morgan fingerprint density at radius 2 is 1.76 bits per heavy atom. The molecule has 0 spiro atoms. The molecule has 0 aliphatic carbocycles. The van der Waals surface area contributed by atoms with Crippen LogP contribution in [0.1, 0.15) is 57.9 Å². The number of likely N-dealkylation sites (tertiary alicyclic amines) is 1. The number of benzene rings is 1. The SMILES string of the molecule is CC[C@@H](C)NC(=O)NC1CCN(C(=O)[C@H](CC)c2ccccc2)CC1. The van der Waals surface area contributed by atoms with Crippen LogP contribution in [-0.4, -0.2) is 42.0 Å². The molecule has 3 amide bonds. The lowest BCUT2D eigenvalue weighted by Gasteiger charge is -2.34. The largest absolute Gasteiger partial charge is 0.342 e. The van der Waals surface area contributed by atoms with Crippen LogP contribution in [-0.2, 0) is 4.79 Å². The number of rotatable bonds is 6. The summed E-state index contributed by atoms with van der Waals surface area (Å²) in [6.45, 7) is 7.51. The lowest BCUT2D eigenvalue weighted by Crippen LogP contribution is -2.51. The van der Waals surface area contributed by atoms with Gasteiger partial charge in [-0.15, -0.1) is 0 Å². The van der Waals surface area contributed by atoms with Gasteiger partial charge in [-0.3, -0.25) is 4.79 Å². The van der Waals surface area contributed by atoms with Crippen LogP contribution in [0.3, 0.4) is 0 Å². The zero-order valence-corrected chi connectivity index (χ0v) is 15.6. The molecule has 1 aliphatic rings. The fourth-order valence-corrected chi connectivity index (χ4v) is 3.26. The van der Waals surface area contributed by atoms with Gasteiger partial charge in [0, 0.05) is 25.2 Å². The second-order valence-corrected chi connectivity index (χ2v) is 6.90. The maximum absolute atomic E-state index is 12.9. The summed E-state index contributed by atoms with van der Waals surface area (Å²) in [5.74, 6) is 0.135. The number of nitrogens with zero attached hydrogens (tertiary/aromatic N) is 1. The van der Waals surface area contributed by atoms with E-state index in [4.69, 9.17) is 0 Å². The van der Waals surface area contributed by atoms with Gasteiger partial charge < -0.3 is 15.5 Å². The van der Waals surface area contributed by atoms with E-state index in [1.54, 1.807) is 0 Å². The van der Waals surface area contributed by atoms with Gasteiger partial charge >= 0.3 is 6.03 Å². The Labute approximate surface area is 151 Å². The number of nitrogens with one attached hydrogen (secondary N) is 2. The van der Waals surface area contributed by atoms with Crippen molar-refractivity contribution in [3.63, 3.8) is 0 Å². The Kier molecular flexibility index (Phi) is 7.29. The van der Waals surface area contributed by atoms with Gasteiger partial charge in [0.2, 0.25) is 5.91 Å². The summed E-state index contributed by atoms with van der Waals surface area (Å²) >= 11 is 0. The Hall–Kier alpha value is -2.04. The average Bonchev–Trinajstić information content (AvgIpc) is 2.63. The summed E-state index contributed by atoms with van der Waals surface area (Å²) in [4.78, 5) is 26.8. The first-order valence-electron chi connectivity index (χ1n) is 9.45. The fourth-order valence-electron chi connectivity index (χ4n) is 3.26. The fraction of sp³-hybridized carbons (Fsp3) is 0.600. The van der Waals surface area contributed by atoms with Crippen LogP contribution in [0.15, 0.2) is 30.3 Å². The highest BCUT2D eigenvalue weighted by Gasteiger charge is 2.28. The van der Waals surface area contributed by atoms with Crippen LogP contribution in [0.4, 0.5) is 4.79 Å². The van der Waals surface area contributed by atoms with E-state index in [-0.39, 0.29) is 29.9 Å². The van der Waals surface area contributed by atoms with E-state index in [0.717, 1.165) is 31.2 Å². The number of piperidine rings is 1. The molecule has 2 atom stereocenters. The van der Waals surface area contributed by atoms with Crippen LogP contribution in [0.5, 0.6) is 0 Å². The van der Waals surface area contributed by atoms with Crippen molar-refractivity contribution in [1.29, 1.82) is 0 Å². The molecule has 1 aromatic carbocycles. The van der Waals surface area contributed by atoms with E-state index in [0.29, 0.717) is 13.1 Å². The minimum Gasteiger partial charge on any atom is -0.342 e. The molecule has 0 saturated carbocycles. The van der Waals surface area contributed by atoms with Crippen molar-refractivity contribution in [2.45, 2.75) is 64.5 Å². The number of carbonyl (C=O) groups excluding carboxylic acids is 2. The van der Waals surface area contributed by atoms with Crippen molar-refractivity contribution in [3.8, 4) is 0 Å². The van der Waals surface area contributed by atoms with Crippen molar-refractivity contribution < 1.29 is 9.59 Å². The third-order valence-electron chi connectivity index (χ3n) is 5.04. The summed E-state index contributed by atoms with van der Waals surface area (Å²) in [7, 11) is 0. The monoisotopic (exact) mass is 345 g/mol. The Morgan fingerprint density at radius 1 is 1.12 bits per heavy atom. The first-order valence-corrected chi connectivity index (χ1v) is 9.45. The molecule has 25 heavy (non-hydrogen) atoms. The maximum Gasteiger partial charge on any atom is 0.315 e. The molecule has 1 fully saturated rings. The molecular formula is C20H31N3O2. The predicted molar refractivity (Wildman–Crippen MR) is 100 cm³/mol. The normalized spacial score (nSPS) is 17.6. The molecule has 5 nitrogen and oxygen atoms in total. The van der Waals surface area contributed by atoms with Gasteiger partial charge in [0.15, 0.2) is 0 Å². The molecule has 1 aliphatic heterocycles. The highest BCUT2D eigenvalue weighted by molar-refractivity contribution is 5.83. The van der Waals surface area contributed by atoms with Crippen LogP contribution in [0.25, 0.3) is 0 Å². The van der Waals surface area contributed by atoms with Gasteiger partial charge in [-0.1, -0.05) is 44.2 Å². The third-order valence-corrected chi connectivity index (χ3v) is 5.04. The number of urea groups is 1. The average molecular weight is 345 g/mol. The quantitative estimate of drug-likeness (QED) is 0.831.